The number of nitrogens with zero attached hydrogens (tertiary/aromatic N) is 3. The summed E-state index contributed by atoms with van der Waals surface area (Å²) in [7, 11) is 0. The Balaban J connectivity index is 1.86. The molecule has 0 saturated heterocycles. The van der Waals surface area contributed by atoms with Crippen molar-refractivity contribution in [2.45, 2.75) is 20.0 Å². The predicted octanol–water partition coefficient (Wildman–Crippen LogP) is 4.34. The van der Waals surface area contributed by atoms with Gasteiger partial charge in [-0.3, -0.25) is 4.98 Å². The normalized spacial score (nSPS) is 11.4. The summed E-state index contributed by atoms with van der Waals surface area (Å²) in [6.07, 6.45) is 5.78. The second kappa shape index (κ2) is 5.39. The number of ether oxygens (including phenoxy) is 1. The van der Waals surface area contributed by atoms with Crippen molar-refractivity contribution in [3.05, 3.63) is 61.1 Å². The molecule has 0 saturated carbocycles. The van der Waals surface area contributed by atoms with E-state index in [0.29, 0.717) is 0 Å². The largest absolute Gasteiger partial charge is 0.491 e. The monoisotopic (exact) mass is 303 g/mol. The molecular weight excluding hydrogens is 286 g/mol. The van der Waals surface area contributed by atoms with Crippen molar-refractivity contribution in [2.24, 2.45) is 0 Å². The molecule has 0 bridgehead atoms. The minimum Gasteiger partial charge on any atom is -0.491 e. The molecule has 3 aromatic heterocycles. The average molecular weight is 303 g/mol. The lowest BCUT2D eigenvalue weighted by Crippen LogP contribution is -2.05. The molecule has 114 valence electrons. The van der Waals surface area contributed by atoms with Gasteiger partial charge in [-0.05, 0) is 61.4 Å². The summed E-state index contributed by atoms with van der Waals surface area (Å²) in [5.41, 5.74) is 4.33. The van der Waals surface area contributed by atoms with Crippen molar-refractivity contribution < 1.29 is 4.74 Å². The standard InChI is InChI=1S/C19H17N3O/c1-13(2)23-16-3-4-18-17(6-8-20-19(18)12-16)14-7-10-22-15(11-14)5-9-21-22/h3-13H,1-2H3. The highest BCUT2D eigenvalue weighted by atomic mass is 16.5. The van der Waals surface area contributed by atoms with Crippen LogP contribution in [0.4, 0.5) is 0 Å². The van der Waals surface area contributed by atoms with E-state index >= 15 is 0 Å². The molecule has 0 unspecified atom stereocenters. The highest BCUT2D eigenvalue weighted by molar-refractivity contribution is 5.95. The maximum atomic E-state index is 5.76. The van der Waals surface area contributed by atoms with Gasteiger partial charge in [0.05, 0.1) is 17.1 Å². The number of aromatic nitrogens is 3. The maximum absolute atomic E-state index is 5.76. The van der Waals surface area contributed by atoms with Crippen LogP contribution < -0.4 is 4.74 Å². The Morgan fingerprint density at radius 1 is 1.00 bits per heavy atom. The van der Waals surface area contributed by atoms with Gasteiger partial charge in [0.15, 0.2) is 0 Å². The van der Waals surface area contributed by atoms with Gasteiger partial charge in [-0.15, -0.1) is 0 Å². The van der Waals surface area contributed by atoms with Crippen LogP contribution >= 0.6 is 0 Å². The smallest absolute Gasteiger partial charge is 0.121 e. The second-order valence-corrected chi connectivity index (χ2v) is 5.82. The highest BCUT2D eigenvalue weighted by Crippen LogP contribution is 2.30. The Morgan fingerprint density at radius 2 is 1.91 bits per heavy atom. The second-order valence-electron chi connectivity index (χ2n) is 5.82. The Labute approximate surface area is 134 Å². The lowest BCUT2D eigenvalue weighted by atomic mass is 10.0. The van der Waals surface area contributed by atoms with Gasteiger partial charge in [0, 0.05) is 30.0 Å². The molecule has 0 N–H and O–H groups in total. The zero-order chi connectivity index (χ0) is 15.8. The number of hydrogen-bond acceptors (Lipinski definition) is 3. The molecule has 0 aliphatic rings. The van der Waals surface area contributed by atoms with Crippen LogP contribution in [-0.4, -0.2) is 20.7 Å². The van der Waals surface area contributed by atoms with E-state index in [1.807, 2.05) is 55.0 Å². The Hall–Kier alpha value is -2.88. The minimum atomic E-state index is 0.153. The molecule has 0 spiro atoms. The van der Waals surface area contributed by atoms with Crippen LogP contribution in [0.15, 0.2) is 61.1 Å². The van der Waals surface area contributed by atoms with Crippen LogP contribution in [0.5, 0.6) is 5.75 Å². The van der Waals surface area contributed by atoms with Crippen LogP contribution in [-0.2, 0) is 0 Å². The fraction of sp³-hybridized carbons (Fsp3) is 0.158. The number of hydrogen-bond donors (Lipinski definition) is 0. The number of pyridine rings is 2. The molecule has 0 amide bonds. The number of fused-ring (bicyclic) bond motifs is 2. The van der Waals surface area contributed by atoms with Gasteiger partial charge >= 0.3 is 0 Å². The van der Waals surface area contributed by atoms with Gasteiger partial charge in [0.2, 0.25) is 0 Å². The van der Waals surface area contributed by atoms with Gasteiger partial charge in [-0.2, -0.15) is 5.10 Å². The van der Waals surface area contributed by atoms with E-state index in [1.165, 1.54) is 0 Å². The molecule has 4 nitrogen and oxygen atoms in total. The average Bonchev–Trinajstić information content (AvgIpc) is 3.01. The fourth-order valence-electron chi connectivity index (χ4n) is 2.81. The summed E-state index contributed by atoms with van der Waals surface area (Å²) in [4.78, 5) is 4.49. The Kier molecular flexibility index (Phi) is 3.23. The molecule has 23 heavy (non-hydrogen) atoms. The van der Waals surface area contributed by atoms with E-state index in [9.17, 15) is 0 Å². The Morgan fingerprint density at radius 3 is 2.78 bits per heavy atom. The molecule has 0 aliphatic carbocycles. The van der Waals surface area contributed by atoms with Gasteiger partial charge in [-0.1, -0.05) is 0 Å². The number of benzene rings is 1. The van der Waals surface area contributed by atoms with Gasteiger partial charge in [-0.25, -0.2) is 4.52 Å². The molecular formula is C19H17N3O. The van der Waals surface area contributed by atoms with Crippen molar-refractivity contribution in [3.8, 4) is 16.9 Å². The van der Waals surface area contributed by atoms with E-state index in [-0.39, 0.29) is 6.10 Å². The van der Waals surface area contributed by atoms with Crippen molar-refractivity contribution in [3.63, 3.8) is 0 Å². The lowest BCUT2D eigenvalue weighted by molar-refractivity contribution is 0.242. The molecule has 0 fully saturated rings. The SMILES string of the molecule is CC(C)Oc1ccc2c(-c3ccn4nccc4c3)ccnc2c1. The lowest BCUT2D eigenvalue weighted by Gasteiger charge is -2.11. The molecule has 1 aromatic carbocycles. The molecule has 0 radical (unpaired) electrons. The zero-order valence-corrected chi connectivity index (χ0v) is 13.1. The summed E-state index contributed by atoms with van der Waals surface area (Å²) < 4.78 is 7.63. The van der Waals surface area contributed by atoms with Crippen molar-refractivity contribution in [1.82, 2.24) is 14.6 Å². The van der Waals surface area contributed by atoms with Gasteiger partial charge in [0.25, 0.3) is 0 Å². The summed E-state index contributed by atoms with van der Waals surface area (Å²) in [5, 5.41) is 5.36. The first-order chi connectivity index (χ1) is 11.2. The summed E-state index contributed by atoms with van der Waals surface area (Å²) in [6.45, 7) is 4.05. The first-order valence-corrected chi connectivity index (χ1v) is 7.70. The quantitative estimate of drug-likeness (QED) is 0.565. The van der Waals surface area contributed by atoms with Crippen LogP contribution in [0, 0.1) is 0 Å². The van der Waals surface area contributed by atoms with E-state index in [1.54, 1.807) is 6.20 Å². The van der Waals surface area contributed by atoms with Crippen LogP contribution in [0.3, 0.4) is 0 Å². The molecule has 4 aromatic rings. The maximum Gasteiger partial charge on any atom is 0.121 e. The van der Waals surface area contributed by atoms with Crippen LogP contribution in [0.2, 0.25) is 0 Å². The van der Waals surface area contributed by atoms with E-state index < -0.39 is 0 Å². The third kappa shape index (κ3) is 2.52. The van der Waals surface area contributed by atoms with Gasteiger partial charge < -0.3 is 4.74 Å². The third-order valence-electron chi connectivity index (χ3n) is 3.80. The predicted molar refractivity (Wildman–Crippen MR) is 91.7 cm³/mol. The van der Waals surface area contributed by atoms with Crippen molar-refractivity contribution >= 4 is 16.4 Å². The van der Waals surface area contributed by atoms with Crippen LogP contribution in [0.1, 0.15) is 13.8 Å². The van der Waals surface area contributed by atoms with E-state index in [0.717, 1.165) is 33.3 Å². The first-order valence-electron chi connectivity index (χ1n) is 7.70. The van der Waals surface area contributed by atoms with E-state index in [2.05, 4.69) is 28.3 Å². The highest BCUT2D eigenvalue weighted by Gasteiger charge is 2.08. The molecule has 4 rings (SSSR count). The van der Waals surface area contributed by atoms with Gasteiger partial charge in [0.1, 0.15) is 5.75 Å². The third-order valence-corrected chi connectivity index (χ3v) is 3.80. The number of rotatable bonds is 3. The van der Waals surface area contributed by atoms with Crippen molar-refractivity contribution in [1.29, 1.82) is 0 Å². The van der Waals surface area contributed by atoms with Crippen LogP contribution in [0.25, 0.3) is 27.5 Å². The summed E-state index contributed by atoms with van der Waals surface area (Å²) >= 11 is 0. The molecule has 3 heterocycles. The molecule has 0 atom stereocenters. The molecule has 4 heteroatoms. The van der Waals surface area contributed by atoms with E-state index in [4.69, 9.17) is 4.74 Å². The minimum absolute atomic E-state index is 0.153. The summed E-state index contributed by atoms with van der Waals surface area (Å²) in [6, 6.07) is 14.3. The zero-order valence-electron chi connectivity index (χ0n) is 13.1. The fourth-order valence-corrected chi connectivity index (χ4v) is 2.81. The molecule has 0 aliphatic heterocycles. The topological polar surface area (TPSA) is 39.4 Å². The summed E-state index contributed by atoms with van der Waals surface area (Å²) in [5.74, 6) is 0.850. The Bertz CT molecular complexity index is 988. The van der Waals surface area contributed by atoms with Crippen molar-refractivity contribution in [2.75, 3.05) is 0 Å². The first kappa shape index (κ1) is 13.8.